The van der Waals surface area contributed by atoms with E-state index in [9.17, 15) is 9.50 Å². The van der Waals surface area contributed by atoms with Gasteiger partial charge in [0, 0.05) is 18.6 Å². The van der Waals surface area contributed by atoms with Crippen molar-refractivity contribution < 1.29 is 19.0 Å². The lowest BCUT2D eigenvalue weighted by Gasteiger charge is -2.44. The molecule has 2 saturated heterocycles. The van der Waals surface area contributed by atoms with Crippen molar-refractivity contribution in [3.63, 3.8) is 0 Å². The van der Waals surface area contributed by atoms with Gasteiger partial charge in [0.25, 0.3) is 0 Å². The topological polar surface area (TPSA) is 41.9 Å². The summed E-state index contributed by atoms with van der Waals surface area (Å²) in [6.45, 7) is 4.81. The smallest absolute Gasteiger partial charge is 0.161 e. The minimum Gasteiger partial charge on any atom is -0.493 e. The van der Waals surface area contributed by atoms with Crippen LogP contribution < -0.4 is 9.47 Å². The number of aliphatic hydroxyl groups is 1. The summed E-state index contributed by atoms with van der Waals surface area (Å²) in [6.07, 6.45) is 3.49. The van der Waals surface area contributed by atoms with E-state index in [1.54, 1.807) is 13.2 Å². The minimum atomic E-state index is -0.947. The third-order valence-corrected chi connectivity index (χ3v) is 6.24. The number of rotatable bonds is 6. The Hall–Kier alpha value is -2.11. The van der Waals surface area contributed by atoms with Gasteiger partial charge in [0.15, 0.2) is 11.5 Å². The Morgan fingerprint density at radius 2 is 1.83 bits per heavy atom. The van der Waals surface area contributed by atoms with Gasteiger partial charge in [-0.1, -0.05) is 18.2 Å². The molecule has 29 heavy (non-hydrogen) atoms. The van der Waals surface area contributed by atoms with E-state index in [-0.39, 0.29) is 11.9 Å². The van der Waals surface area contributed by atoms with Gasteiger partial charge >= 0.3 is 0 Å². The van der Waals surface area contributed by atoms with Gasteiger partial charge < -0.3 is 14.6 Å². The van der Waals surface area contributed by atoms with Gasteiger partial charge in [-0.15, -0.1) is 0 Å². The molecule has 1 N–H and O–H groups in total. The molecule has 2 fully saturated rings. The van der Waals surface area contributed by atoms with Crippen molar-refractivity contribution in [3.05, 3.63) is 59.4 Å². The molecular formula is C24H30FNO3. The summed E-state index contributed by atoms with van der Waals surface area (Å²) in [6, 6.07) is 13.1. The molecule has 2 heterocycles. The number of methoxy groups -OCH3 is 1. The Bertz CT molecular complexity index is 855. The van der Waals surface area contributed by atoms with E-state index in [4.69, 9.17) is 9.47 Å². The third kappa shape index (κ3) is 4.12. The number of halogens is 1. The molecule has 0 spiro atoms. The fraction of sp³-hybridized carbons (Fsp3) is 0.500. The van der Waals surface area contributed by atoms with Crippen LogP contribution in [0.25, 0.3) is 0 Å². The molecule has 2 aliphatic heterocycles. The fourth-order valence-corrected chi connectivity index (χ4v) is 4.96. The summed E-state index contributed by atoms with van der Waals surface area (Å²) >= 11 is 0. The molecule has 2 bridgehead atoms. The van der Waals surface area contributed by atoms with Crippen LogP contribution in [0.2, 0.25) is 0 Å². The van der Waals surface area contributed by atoms with E-state index in [1.807, 2.05) is 32.0 Å². The van der Waals surface area contributed by atoms with Gasteiger partial charge in [0.05, 0.1) is 18.8 Å². The van der Waals surface area contributed by atoms with E-state index in [1.165, 1.54) is 17.7 Å². The zero-order chi connectivity index (χ0) is 20.6. The highest BCUT2D eigenvalue weighted by Crippen LogP contribution is 2.46. The molecule has 0 unspecified atom stereocenters. The molecule has 4 nitrogen and oxygen atoms in total. The quantitative estimate of drug-likeness (QED) is 0.769. The van der Waals surface area contributed by atoms with Crippen LogP contribution in [-0.4, -0.2) is 35.3 Å². The van der Waals surface area contributed by atoms with Gasteiger partial charge in [0.1, 0.15) is 5.82 Å². The summed E-state index contributed by atoms with van der Waals surface area (Å²) in [5.74, 6) is 1.21. The van der Waals surface area contributed by atoms with Gasteiger partial charge in [-0.05, 0) is 74.9 Å². The molecule has 0 radical (unpaired) electrons. The first-order valence-electron chi connectivity index (χ1n) is 10.5. The zero-order valence-corrected chi connectivity index (χ0v) is 17.4. The maximum atomic E-state index is 13.7. The van der Waals surface area contributed by atoms with E-state index in [0.29, 0.717) is 30.5 Å². The Labute approximate surface area is 172 Å². The Morgan fingerprint density at radius 1 is 1.10 bits per heavy atom. The molecule has 4 rings (SSSR count). The average molecular weight is 400 g/mol. The molecular weight excluding hydrogens is 369 g/mol. The number of nitrogens with zero attached hydrogens (tertiary/aromatic N) is 1. The van der Waals surface area contributed by atoms with Crippen LogP contribution in [0.1, 0.15) is 50.7 Å². The van der Waals surface area contributed by atoms with Crippen LogP contribution in [0.3, 0.4) is 0 Å². The van der Waals surface area contributed by atoms with E-state index in [0.717, 1.165) is 30.9 Å². The summed E-state index contributed by atoms with van der Waals surface area (Å²) in [5, 5.41) is 11.3. The standard InChI is InChI=1S/C24H30FNO3/c1-16(2)29-22-10-7-17(11-23(22)28-3)15-26-20-8-9-21(26)14-24(27,13-20)18-5-4-6-19(25)12-18/h4-7,10-12,16,20-21,27H,8-9,13-15H2,1-3H3/t20-,21-/m0/s1. The third-order valence-electron chi connectivity index (χ3n) is 6.24. The van der Waals surface area contributed by atoms with Crippen molar-refractivity contribution in [1.29, 1.82) is 0 Å². The first-order chi connectivity index (χ1) is 13.9. The van der Waals surface area contributed by atoms with E-state index >= 15 is 0 Å². The highest BCUT2D eigenvalue weighted by atomic mass is 19.1. The maximum absolute atomic E-state index is 13.7. The average Bonchev–Trinajstić information content (AvgIpc) is 2.92. The van der Waals surface area contributed by atoms with E-state index in [2.05, 4.69) is 11.0 Å². The monoisotopic (exact) mass is 399 g/mol. The van der Waals surface area contributed by atoms with Crippen LogP contribution in [0.4, 0.5) is 4.39 Å². The number of piperidine rings is 1. The molecule has 2 atom stereocenters. The predicted octanol–water partition coefficient (Wildman–Crippen LogP) is 4.64. The van der Waals surface area contributed by atoms with Crippen LogP contribution in [0, 0.1) is 5.82 Å². The van der Waals surface area contributed by atoms with Gasteiger partial charge in [-0.3, -0.25) is 4.90 Å². The summed E-state index contributed by atoms with van der Waals surface area (Å²) in [4.78, 5) is 2.49. The Balaban J connectivity index is 1.51. The Kier molecular flexibility index (Phi) is 5.54. The summed E-state index contributed by atoms with van der Waals surface area (Å²) in [5.41, 5.74) is 0.925. The molecule has 0 saturated carbocycles. The number of ether oxygens (including phenoxy) is 2. The van der Waals surface area contributed by atoms with E-state index < -0.39 is 5.60 Å². The summed E-state index contributed by atoms with van der Waals surface area (Å²) < 4.78 is 25.1. The maximum Gasteiger partial charge on any atom is 0.161 e. The number of hydrogen-bond acceptors (Lipinski definition) is 4. The predicted molar refractivity (Wildman–Crippen MR) is 111 cm³/mol. The van der Waals surface area contributed by atoms with Crippen molar-refractivity contribution in [2.45, 2.75) is 69.9 Å². The van der Waals surface area contributed by atoms with Crippen LogP contribution in [0.15, 0.2) is 42.5 Å². The molecule has 156 valence electrons. The highest BCUT2D eigenvalue weighted by Gasteiger charge is 2.48. The van der Waals surface area contributed by atoms with Crippen molar-refractivity contribution >= 4 is 0 Å². The van der Waals surface area contributed by atoms with Crippen molar-refractivity contribution in [2.24, 2.45) is 0 Å². The van der Waals surface area contributed by atoms with Crippen LogP contribution >= 0.6 is 0 Å². The molecule has 2 aromatic carbocycles. The zero-order valence-electron chi connectivity index (χ0n) is 17.4. The highest BCUT2D eigenvalue weighted by molar-refractivity contribution is 5.43. The second kappa shape index (κ2) is 7.96. The second-order valence-corrected chi connectivity index (χ2v) is 8.66. The van der Waals surface area contributed by atoms with Crippen LogP contribution in [0.5, 0.6) is 11.5 Å². The second-order valence-electron chi connectivity index (χ2n) is 8.66. The van der Waals surface area contributed by atoms with Crippen molar-refractivity contribution in [3.8, 4) is 11.5 Å². The van der Waals surface area contributed by atoms with Gasteiger partial charge in [0.2, 0.25) is 0 Å². The molecule has 2 aromatic rings. The van der Waals surface area contributed by atoms with Crippen LogP contribution in [-0.2, 0) is 12.1 Å². The molecule has 0 aliphatic carbocycles. The largest absolute Gasteiger partial charge is 0.493 e. The normalized spacial score (nSPS) is 26.7. The molecule has 0 amide bonds. The number of benzene rings is 2. The minimum absolute atomic E-state index is 0.0909. The van der Waals surface area contributed by atoms with Gasteiger partial charge in [-0.25, -0.2) is 4.39 Å². The first kappa shape index (κ1) is 20.2. The lowest BCUT2D eigenvalue weighted by atomic mass is 9.80. The lowest BCUT2D eigenvalue weighted by molar-refractivity contribution is -0.0596. The van der Waals surface area contributed by atoms with Gasteiger partial charge in [-0.2, -0.15) is 0 Å². The molecule has 5 heteroatoms. The number of hydrogen-bond donors (Lipinski definition) is 1. The fourth-order valence-electron chi connectivity index (χ4n) is 4.96. The number of fused-ring (bicyclic) bond motifs is 2. The van der Waals surface area contributed by atoms with Crippen molar-refractivity contribution in [2.75, 3.05) is 7.11 Å². The molecule has 0 aromatic heterocycles. The molecule has 2 aliphatic rings. The lowest BCUT2D eigenvalue weighted by Crippen LogP contribution is -2.49. The Morgan fingerprint density at radius 3 is 2.45 bits per heavy atom. The SMILES string of the molecule is COc1cc(CN2[C@H]3CC[C@H]2CC(O)(c2cccc(F)c2)C3)ccc1OC(C)C. The first-order valence-corrected chi connectivity index (χ1v) is 10.5. The summed E-state index contributed by atoms with van der Waals surface area (Å²) in [7, 11) is 1.66. The van der Waals surface area contributed by atoms with Crippen molar-refractivity contribution in [1.82, 2.24) is 4.90 Å².